The highest BCUT2D eigenvalue weighted by Crippen LogP contribution is 2.21. The summed E-state index contributed by atoms with van der Waals surface area (Å²) in [6.07, 6.45) is 0. The van der Waals surface area contributed by atoms with Crippen LogP contribution in [0.15, 0.2) is 10.7 Å². The van der Waals surface area contributed by atoms with Gasteiger partial charge in [0, 0.05) is 7.05 Å². The molecule has 1 heterocycles. The van der Waals surface area contributed by atoms with Crippen molar-refractivity contribution >= 4 is 15.9 Å². The average molecular weight is 232 g/mol. The first-order chi connectivity index (χ1) is 5.47. The summed E-state index contributed by atoms with van der Waals surface area (Å²) >= 11 is 3.34. The van der Waals surface area contributed by atoms with Gasteiger partial charge in [0.15, 0.2) is 0 Å². The maximum absolute atomic E-state index is 4.22. The quantitative estimate of drug-likeness (QED) is 0.839. The molecule has 3 nitrogen and oxygen atoms in total. The first-order valence-corrected chi connectivity index (χ1v) is 4.65. The Labute approximate surface area is 81.3 Å². The molecule has 68 valence electrons. The van der Waals surface area contributed by atoms with Gasteiger partial charge in [0.1, 0.15) is 4.60 Å². The van der Waals surface area contributed by atoms with Gasteiger partial charge in [-0.2, -0.15) is 5.10 Å². The van der Waals surface area contributed by atoms with Crippen molar-refractivity contribution in [3.63, 3.8) is 0 Å². The molecule has 0 atom stereocenters. The fourth-order valence-corrected chi connectivity index (χ4v) is 1.60. The second-order valence-corrected chi connectivity index (χ2v) is 4.16. The van der Waals surface area contributed by atoms with E-state index in [1.54, 1.807) is 0 Å². The summed E-state index contributed by atoms with van der Waals surface area (Å²) in [6, 6.07) is 2.02. The van der Waals surface area contributed by atoms with Crippen molar-refractivity contribution in [3.8, 4) is 0 Å². The number of aromatic nitrogens is 2. The third-order valence-corrected chi connectivity index (χ3v) is 2.50. The fourth-order valence-electron chi connectivity index (χ4n) is 1.15. The lowest BCUT2D eigenvalue weighted by Gasteiger charge is -2.23. The molecule has 1 aromatic heterocycles. The largest absolute Gasteiger partial charge is 0.310 e. The first-order valence-electron chi connectivity index (χ1n) is 3.86. The minimum absolute atomic E-state index is 0.0340. The molecule has 0 aliphatic heterocycles. The number of nitrogens with zero attached hydrogens (tertiary/aromatic N) is 2. The molecular weight excluding hydrogens is 218 g/mol. The predicted molar refractivity (Wildman–Crippen MR) is 53.0 cm³/mol. The van der Waals surface area contributed by atoms with Crippen molar-refractivity contribution < 1.29 is 0 Å². The Kier molecular flexibility index (Phi) is 2.58. The Morgan fingerprint density at radius 3 is 2.50 bits per heavy atom. The van der Waals surface area contributed by atoms with Gasteiger partial charge in [0.05, 0.1) is 11.2 Å². The van der Waals surface area contributed by atoms with Crippen LogP contribution in [0, 0.1) is 0 Å². The standard InChI is InChI=1S/C8H14BrN3/c1-8(2,10-3)6-5-7(9)11-12(6)4/h5,10H,1-4H3. The van der Waals surface area contributed by atoms with E-state index in [1.807, 2.05) is 24.8 Å². The molecule has 1 aromatic rings. The molecule has 4 heteroatoms. The van der Waals surface area contributed by atoms with E-state index in [4.69, 9.17) is 0 Å². The molecule has 0 saturated heterocycles. The molecule has 12 heavy (non-hydrogen) atoms. The summed E-state index contributed by atoms with van der Waals surface area (Å²) in [5, 5.41) is 7.45. The number of nitrogens with one attached hydrogen (secondary N) is 1. The van der Waals surface area contributed by atoms with Gasteiger partial charge in [-0.05, 0) is 42.9 Å². The highest BCUT2D eigenvalue weighted by atomic mass is 79.9. The maximum atomic E-state index is 4.22. The third kappa shape index (κ3) is 1.69. The van der Waals surface area contributed by atoms with E-state index in [-0.39, 0.29) is 5.54 Å². The SMILES string of the molecule is CNC(C)(C)c1cc(Br)nn1C. The summed E-state index contributed by atoms with van der Waals surface area (Å²) in [5.74, 6) is 0. The molecule has 0 radical (unpaired) electrons. The number of hydrogen-bond donors (Lipinski definition) is 1. The van der Waals surface area contributed by atoms with Gasteiger partial charge in [-0.1, -0.05) is 0 Å². The van der Waals surface area contributed by atoms with Crippen molar-refractivity contribution in [1.29, 1.82) is 0 Å². The fraction of sp³-hybridized carbons (Fsp3) is 0.625. The number of halogens is 1. The molecule has 0 spiro atoms. The van der Waals surface area contributed by atoms with Crippen molar-refractivity contribution in [2.45, 2.75) is 19.4 Å². The van der Waals surface area contributed by atoms with Crippen molar-refractivity contribution in [3.05, 3.63) is 16.4 Å². The van der Waals surface area contributed by atoms with Crippen LogP contribution in [0.5, 0.6) is 0 Å². The van der Waals surface area contributed by atoms with Crippen LogP contribution in [-0.4, -0.2) is 16.8 Å². The third-order valence-electron chi connectivity index (χ3n) is 2.12. The van der Waals surface area contributed by atoms with Crippen LogP contribution < -0.4 is 5.32 Å². The molecule has 0 saturated carbocycles. The highest BCUT2D eigenvalue weighted by Gasteiger charge is 2.21. The maximum Gasteiger partial charge on any atom is 0.128 e. The number of aryl methyl sites for hydroxylation is 1. The van der Waals surface area contributed by atoms with E-state index in [0.717, 1.165) is 10.3 Å². The zero-order chi connectivity index (χ0) is 9.35. The molecule has 0 fully saturated rings. The summed E-state index contributed by atoms with van der Waals surface area (Å²) in [5.41, 5.74) is 1.13. The minimum atomic E-state index is -0.0340. The first kappa shape index (κ1) is 9.74. The topological polar surface area (TPSA) is 29.9 Å². The molecule has 0 aromatic carbocycles. The molecule has 0 aliphatic rings. The van der Waals surface area contributed by atoms with Gasteiger partial charge >= 0.3 is 0 Å². The molecule has 1 N–H and O–H groups in total. The average Bonchev–Trinajstić information content (AvgIpc) is 2.31. The van der Waals surface area contributed by atoms with Crippen molar-refractivity contribution in [2.24, 2.45) is 7.05 Å². The van der Waals surface area contributed by atoms with E-state index >= 15 is 0 Å². The van der Waals surface area contributed by atoms with E-state index in [1.165, 1.54) is 0 Å². The highest BCUT2D eigenvalue weighted by molar-refractivity contribution is 9.10. The van der Waals surface area contributed by atoms with Crippen molar-refractivity contribution in [2.75, 3.05) is 7.05 Å². The Hall–Kier alpha value is -0.350. The van der Waals surface area contributed by atoms with Crippen LogP contribution in [-0.2, 0) is 12.6 Å². The monoisotopic (exact) mass is 231 g/mol. The summed E-state index contributed by atoms with van der Waals surface area (Å²) in [4.78, 5) is 0. The van der Waals surface area contributed by atoms with Gasteiger partial charge < -0.3 is 5.32 Å². The Morgan fingerprint density at radius 1 is 1.58 bits per heavy atom. The number of rotatable bonds is 2. The van der Waals surface area contributed by atoms with Gasteiger partial charge in [-0.3, -0.25) is 4.68 Å². The summed E-state index contributed by atoms with van der Waals surface area (Å²) in [6.45, 7) is 4.24. The van der Waals surface area contributed by atoms with Crippen molar-refractivity contribution in [1.82, 2.24) is 15.1 Å². The molecule has 1 rings (SSSR count). The molecule has 0 bridgehead atoms. The lowest BCUT2D eigenvalue weighted by Crippen LogP contribution is -2.35. The van der Waals surface area contributed by atoms with Crippen LogP contribution in [0.25, 0.3) is 0 Å². The smallest absolute Gasteiger partial charge is 0.128 e. The van der Waals surface area contributed by atoms with Crippen LogP contribution in [0.3, 0.4) is 0 Å². The lowest BCUT2D eigenvalue weighted by atomic mass is 10.0. The Bertz CT molecular complexity index is 278. The van der Waals surface area contributed by atoms with Gasteiger partial charge in [0.2, 0.25) is 0 Å². The van der Waals surface area contributed by atoms with Gasteiger partial charge in [-0.15, -0.1) is 0 Å². The van der Waals surface area contributed by atoms with Crippen LogP contribution in [0.1, 0.15) is 19.5 Å². The van der Waals surface area contributed by atoms with Gasteiger partial charge in [0.25, 0.3) is 0 Å². The molecule has 0 aliphatic carbocycles. The molecule has 0 amide bonds. The van der Waals surface area contributed by atoms with Gasteiger partial charge in [-0.25, -0.2) is 0 Å². The van der Waals surface area contributed by atoms with Crippen LogP contribution in [0.2, 0.25) is 0 Å². The summed E-state index contributed by atoms with van der Waals surface area (Å²) < 4.78 is 2.75. The Morgan fingerprint density at radius 2 is 2.17 bits per heavy atom. The summed E-state index contributed by atoms with van der Waals surface area (Å²) in [7, 11) is 3.89. The van der Waals surface area contributed by atoms with E-state index in [0.29, 0.717) is 0 Å². The molecule has 0 unspecified atom stereocenters. The Balaban J connectivity index is 3.09. The predicted octanol–water partition coefficient (Wildman–Crippen LogP) is 1.64. The minimum Gasteiger partial charge on any atom is -0.310 e. The van der Waals surface area contributed by atoms with E-state index < -0.39 is 0 Å². The normalized spacial score (nSPS) is 12.1. The number of hydrogen-bond acceptors (Lipinski definition) is 2. The lowest BCUT2D eigenvalue weighted by molar-refractivity contribution is 0.410. The van der Waals surface area contributed by atoms with E-state index in [9.17, 15) is 0 Å². The zero-order valence-corrected chi connectivity index (χ0v) is 9.44. The zero-order valence-electron chi connectivity index (χ0n) is 7.85. The molecular formula is C8H14BrN3. The second kappa shape index (κ2) is 3.18. The van der Waals surface area contributed by atoms with E-state index in [2.05, 4.69) is 40.2 Å². The second-order valence-electron chi connectivity index (χ2n) is 3.35. The van der Waals surface area contributed by atoms with Crippen LogP contribution in [0.4, 0.5) is 0 Å². The van der Waals surface area contributed by atoms with Crippen LogP contribution >= 0.6 is 15.9 Å².